The van der Waals surface area contributed by atoms with Crippen molar-refractivity contribution in [3.8, 4) is 0 Å². The first-order valence-electron chi connectivity index (χ1n) is 10.9. The number of carbonyl (C=O) groups is 2. The van der Waals surface area contributed by atoms with Crippen molar-refractivity contribution in [1.29, 1.82) is 0 Å². The van der Waals surface area contributed by atoms with Gasteiger partial charge in [-0.3, -0.25) is 14.5 Å². The van der Waals surface area contributed by atoms with Gasteiger partial charge in [-0.25, -0.2) is 12.7 Å². The minimum Gasteiger partial charge on any atom is -0.379 e. The van der Waals surface area contributed by atoms with Gasteiger partial charge in [-0.2, -0.15) is 0 Å². The molecule has 0 radical (unpaired) electrons. The van der Waals surface area contributed by atoms with Gasteiger partial charge < -0.3 is 14.2 Å². The summed E-state index contributed by atoms with van der Waals surface area (Å²) in [5.74, 6) is -1.10. The van der Waals surface area contributed by atoms with Crippen LogP contribution in [0, 0.1) is 11.8 Å². The number of ether oxygens (including phenoxy) is 1. The summed E-state index contributed by atoms with van der Waals surface area (Å²) in [6, 6.07) is 2.90. The van der Waals surface area contributed by atoms with Crippen molar-refractivity contribution in [3.63, 3.8) is 0 Å². The smallest absolute Gasteiger partial charge is 0.270 e. The lowest BCUT2D eigenvalue weighted by Crippen LogP contribution is -2.44. The lowest BCUT2D eigenvalue weighted by molar-refractivity contribution is -0.129. The highest BCUT2D eigenvalue weighted by Gasteiger charge is 2.58. The minimum atomic E-state index is -3.68. The largest absolute Gasteiger partial charge is 0.379 e. The number of hydrogen-bond acceptors (Lipinski definition) is 6. The van der Waals surface area contributed by atoms with E-state index in [1.807, 2.05) is 37.6 Å². The van der Waals surface area contributed by atoms with Gasteiger partial charge >= 0.3 is 0 Å². The second-order valence-corrected chi connectivity index (χ2v) is 11.0. The van der Waals surface area contributed by atoms with Crippen LogP contribution < -0.4 is 0 Å². The topological polar surface area (TPSA) is 92.2 Å². The van der Waals surface area contributed by atoms with Gasteiger partial charge in [0.2, 0.25) is 15.9 Å². The number of sulfonamides is 1. The third-order valence-electron chi connectivity index (χ3n) is 6.86. The molecule has 1 aromatic heterocycles. The third kappa shape index (κ3) is 3.89. The van der Waals surface area contributed by atoms with E-state index in [4.69, 9.17) is 4.74 Å². The van der Waals surface area contributed by atoms with E-state index >= 15 is 0 Å². The van der Waals surface area contributed by atoms with Crippen molar-refractivity contribution in [3.05, 3.63) is 23.5 Å². The zero-order valence-electron chi connectivity index (χ0n) is 18.7. The van der Waals surface area contributed by atoms with E-state index in [0.29, 0.717) is 31.9 Å². The number of carbonyl (C=O) groups excluding carboxylic acids is 2. The normalized spacial score (nSPS) is 27.4. The quantitative estimate of drug-likeness (QED) is 0.647. The molecule has 4 rings (SSSR count). The predicted octanol–water partition coefficient (Wildman–Crippen LogP) is 0.514. The van der Waals surface area contributed by atoms with E-state index in [1.54, 1.807) is 4.90 Å². The van der Waals surface area contributed by atoms with Crippen molar-refractivity contribution >= 4 is 21.8 Å². The molecule has 3 atom stereocenters. The summed E-state index contributed by atoms with van der Waals surface area (Å²) in [6.45, 7) is 8.18. The van der Waals surface area contributed by atoms with Gasteiger partial charge in [-0.1, -0.05) is 13.8 Å². The molecule has 0 spiro atoms. The second kappa shape index (κ2) is 8.22. The SMILES string of the molecule is CC(C)[C@@H]1C(=O)N(S(C)(=O)=O)[C@@H]2CCN(C(=O)c3ccc(CN4CCOCC4)n3C)[C@H]21. The lowest BCUT2D eigenvalue weighted by atomic mass is 9.88. The molecule has 4 heterocycles. The van der Waals surface area contributed by atoms with Crippen LogP contribution in [0.5, 0.6) is 0 Å². The second-order valence-electron chi connectivity index (χ2n) is 9.17. The van der Waals surface area contributed by atoms with Gasteiger partial charge in [0.25, 0.3) is 5.91 Å². The first kappa shape index (κ1) is 22.3. The van der Waals surface area contributed by atoms with Crippen molar-refractivity contribution in [1.82, 2.24) is 18.7 Å². The van der Waals surface area contributed by atoms with Gasteiger partial charge in [0.05, 0.1) is 37.5 Å². The molecule has 31 heavy (non-hydrogen) atoms. The number of rotatable bonds is 5. The van der Waals surface area contributed by atoms with Crippen LogP contribution in [0.2, 0.25) is 0 Å². The van der Waals surface area contributed by atoms with E-state index in [9.17, 15) is 18.0 Å². The van der Waals surface area contributed by atoms with E-state index in [0.717, 1.165) is 35.9 Å². The third-order valence-corrected chi connectivity index (χ3v) is 8.03. The molecule has 172 valence electrons. The predicted molar refractivity (Wildman–Crippen MR) is 115 cm³/mol. The molecule has 3 aliphatic heterocycles. The highest BCUT2D eigenvalue weighted by molar-refractivity contribution is 7.88. The molecule has 10 heteroatoms. The van der Waals surface area contributed by atoms with E-state index in [-0.39, 0.29) is 17.7 Å². The maximum absolute atomic E-state index is 13.5. The van der Waals surface area contributed by atoms with Gasteiger partial charge in [0.1, 0.15) is 5.69 Å². The summed E-state index contributed by atoms with van der Waals surface area (Å²) < 4.78 is 33.0. The summed E-state index contributed by atoms with van der Waals surface area (Å²) in [6.07, 6.45) is 1.55. The Morgan fingerprint density at radius 2 is 1.87 bits per heavy atom. The average Bonchev–Trinajstić information content (AvgIpc) is 3.34. The summed E-state index contributed by atoms with van der Waals surface area (Å²) in [5, 5.41) is 0. The number of morpholine rings is 1. The Morgan fingerprint density at radius 1 is 1.19 bits per heavy atom. The van der Waals surface area contributed by atoms with Crippen LogP contribution in [0.4, 0.5) is 0 Å². The van der Waals surface area contributed by atoms with Crippen molar-refractivity contribution < 1.29 is 22.7 Å². The minimum absolute atomic E-state index is 0.0644. The number of hydrogen-bond donors (Lipinski definition) is 0. The lowest BCUT2D eigenvalue weighted by Gasteiger charge is -2.29. The molecule has 9 nitrogen and oxygen atoms in total. The zero-order chi connectivity index (χ0) is 22.5. The first-order valence-corrected chi connectivity index (χ1v) is 12.7. The fourth-order valence-corrected chi connectivity index (χ4v) is 6.50. The summed E-state index contributed by atoms with van der Waals surface area (Å²) in [5.41, 5.74) is 1.61. The van der Waals surface area contributed by atoms with Gasteiger partial charge in [-0.15, -0.1) is 0 Å². The fraction of sp³-hybridized carbons (Fsp3) is 0.714. The van der Waals surface area contributed by atoms with E-state index in [1.165, 1.54) is 0 Å². The Kier molecular flexibility index (Phi) is 5.91. The van der Waals surface area contributed by atoms with Crippen LogP contribution >= 0.6 is 0 Å². The molecule has 3 aliphatic rings. The molecule has 0 N–H and O–H groups in total. The Bertz CT molecular complexity index is 966. The van der Waals surface area contributed by atoms with Gasteiger partial charge in [-0.05, 0) is 24.5 Å². The van der Waals surface area contributed by atoms with Crippen LogP contribution in [0.1, 0.15) is 36.5 Å². The molecule has 0 aliphatic carbocycles. The van der Waals surface area contributed by atoms with E-state index < -0.39 is 28.0 Å². The highest BCUT2D eigenvalue weighted by atomic mass is 32.2. The highest BCUT2D eigenvalue weighted by Crippen LogP contribution is 2.41. The summed E-state index contributed by atoms with van der Waals surface area (Å²) in [4.78, 5) is 30.6. The molecule has 1 aromatic rings. The van der Waals surface area contributed by atoms with Crippen molar-refractivity contribution in [2.45, 2.75) is 38.9 Å². The molecule has 0 saturated carbocycles. The maximum Gasteiger partial charge on any atom is 0.270 e. The Hall–Kier alpha value is -1.91. The number of fused-ring (bicyclic) bond motifs is 1. The molecule has 3 fully saturated rings. The van der Waals surface area contributed by atoms with Gasteiger partial charge in [0, 0.05) is 38.9 Å². The standard InChI is InChI=1S/C21H32N4O5S/c1-14(2)18-19-16(25(21(18)27)31(4,28)29)7-8-24(19)20(26)17-6-5-15(22(17)3)13-23-9-11-30-12-10-23/h5-6,14,16,18-19H,7-13H2,1-4H3/t16-,18+,19-/m1/s1. The number of likely N-dealkylation sites (tertiary alicyclic amines) is 1. The van der Waals surface area contributed by atoms with Crippen molar-refractivity contribution in [2.24, 2.45) is 18.9 Å². The molecular formula is C21H32N4O5S. The van der Waals surface area contributed by atoms with Crippen LogP contribution in [0.25, 0.3) is 0 Å². The molecule has 0 bridgehead atoms. The molecule has 2 amide bonds. The number of nitrogens with zero attached hydrogens (tertiary/aromatic N) is 4. The number of amides is 2. The van der Waals surface area contributed by atoms with Crippen LogP contribution in [0.3, 0.4) is 0 Å². The molecule has 0 aromatic carbocycles. The van der Waals surface area contributed by atoms with Gasteiger partial charge in [0.15, 0.2) is 0 Å². The van der Waals surface area contributed by atoms with Crippen molar-refractivity contribution in [2.75, 3.05) is 39.1 Å². The Labute approximate surface area is 184 Å². The Balaban J connectivity index is 1.59. The van der Waals surface area contributed by atoms with Crippen LogP contribution in [-0.4, -0.2) is 90.1 Å². The number of aromatic nitrogens is 1. The summed E-state index contributed by atoms with van der Waals surface area (Å²) >= 11 is 0. The maximum atomic E-state index is 13.5. The molecular weight excluding hydrogens is 420 g/mol. The zero-order valence-corrected chi connectivity index (χ0v) is 19.5. The van der Waals surface area contributed by atoms with Crippen LogP contribution in [-0.2, 0) is 33.1 Å². The fourth-order valence-electron chi connectivity index (χ4n) is 5.33. The average molecular weight is 453 g/mol. The van der Waals surface area contributed by atoms with Crippen LogP contribution in [0.15, 0.2) is 12.1 Å². The first-order chi connectivity index (χ1) is 14.6. The molecule has 0 unspecified atom stereocenters. The Morgan fingerprint density at radius 3 is 2.48 bits per heavy atom. The monoisotopic (exact) mass is 452 g/mol. The van der Waals surface area contributed by atoms with E-state index in [2.05, 4.69) is 4.90 Å². The molecule has 3 saturated heterocycles. The summed E-state index contributed by atoms with van der Waals surface area (Å²) in [7, 11) is -1.79.